The number of pyridine rings is 2. The van der Waals surface area contributed by atoms with Crippen LogP contribution in [0.25, 0.3) is 50.2 Å². The normalized spacial score (nSPS) is 12.9. The zero-order valence-electron chi connectivity index (χ0n) is 35.6. The molecule has 4 heterocycles. The average Bonchev–Trinajstić information content (AvgIpc) is 3.69. The number of para-hydroxylation sites is 3. The molecule has 0 unspecified atom stereocenters. The monoisotopic (exact) mass is 753 g/mol. The molecule has 8 rings (SSSR count). The van der Waals surface area contributed by atoms with Gasteiger partial charge in [-0.25, -0.2) is 4.98 Å². The third-order valence-electron chi connectivity index (χ3n) is 11.1. The predicted octanol–water partition coefficient (Wildman–Crippen LogP) is 12.6. The van der Waals surface area contributed by atoms with E-state index >= 15 is 0 Å². The van der Waals surface area contributed by atoms with Crippen molar-refractivity contribution in [2.24, 2.45) is 0 Å². The summed E-state index contributed by atoms with van der Waals surface area (Å²) in [5.74, 6) is 3.11. The fourth-order valence-corrected chi connectivity index (χ4v) is 7.62. The number of aromatic nitrogens is 5. The molecule has 57 heavy (non-hydrogen) atoms. The van der Waals surface area contributed by atoms with Gasteiger partial charge in [0.05, 0.1) is 27.8 Å². The van der Waals surface area contributed by atoms with Gasteiger partial charge in [-0.05, 0) is 80.8 Å². The number of rotatable bonds is 5. The minimum atomic E-state index is -0.226. The van der Waals surface area contributed by atoms with E-state index in [9.17, 15) is 0 Å². The SMILES string of the molecule is CC(C)(C)c1cc(-[n+]2[c-]n(-c3cc(Oc4ccc5c6ccccc6n(-c6cc(C(C)(C)C)ccn6)c5c4)c(C(C)(C)C)cn3)c3ccccc32)cc(C(C)(C)C)c1. The number of imidazole rings is 1. The minimum Gasteiger partial charge on any atom is -0.457 e. The van der Waals surface area contributed by atoms with Gasteiger partial charge in [0, 0.05) is 40.9 Å². The lowest BCUT2D eigenvalue weighted by Gasteiger charge is -2.26. The number of ether oxygens (including phenoxy) is 1. The van der Waals surface area contributed by atoms with Gasteiger partial charge >= 0.3 is 0 Å². The summed E-state index contributed by atoms with van der Waals surface area (Å²) in [7, 11) is 0. The fraction of sp³-hybridized carbons (Fsp3) is 0.314. The lowest BCUT2D eigenvalue weighted by atomic mass is 9.80. The van der Waals surface area contributed by atoms with Crippen molar-refractivity contribution < 1.29 is 9.30 Å². The summed E-state index contributed by atoms with van der Waals surface area (Å²) < 4.78 is 13.5. The van der Waals surface area contributed by atoms with E-state index in [-0.39, 0.29) is 21.7 Å². The second-order valence-corrected chi connectivity index (χ2v) is 19.6. The van der Waals surface area contributed by atoms with Crippen LogP contribution < -0.4 is 9.30 Å². The van der Waals surface area contributed by atoms with E-state index in [0.717, 1.165) is 61.8 Å². The standard InChI is InChI=1S/C51H55N5O/c1-48(2,3)33-23-24-52-47(28-33)56-41-18-14-13-17-38(41)39-22-21-37(29-44(39)56)57-45-30-46(53-31-40(45)51(10,11)12)55-32-54(42-19-15-16-20-43(42)55)36-26-34(49(4,5)6)25-35(27-36)50(7,8)9/h13-31H,1-12H3. The van der Waals surface area contributed by atoms with Crippen molar-refractivity contribution in [3.8, 4) is 28.8 Å². The lowest BCUT2D eigenvalue weighted by molar-refractivity contribution is -0.572. The summed E-state index contributed by atoms with van der Waals surface area (Å²) in [5, 5.41) is 2.32. The molecule has 8 aromatic rings. The molecule has 0 atom stereocenters. The van der Waals surface area contributed by atoms with Crippen molar-refractivity contribution in [2.45, 2.75) is 105 Å². The summed E-state index contributed by atoms with van der Waals surface area (Å²) in [5.41, 5.74) is 9.84. The van der Waals surface area contributed by atoms with Crippen LogP contribution in [0.4, 0.5) is 0 Å². The number of hydrogen-bond acceptors (Lipinski definition) is 3. The van der Waals surface area contributed by atoms with Crippen molar-refractivity contribution in [1.82, 2.24) is 19.1 Å². The molecule has 0 bridgehead atoms. The zero-order chi connectivity index (χ0) is 40.7. The van der Waals surface area contributed by atoms with E-state index in [1.54, 1.807) is 0 Å². The van der Waals surface area contributed by atoms with Crippen LogP contribution in [0.5, 0.6) is 11.5 Å². The highest BCUT2D eigenvalue weighted by Crippen LogP contribution is 2.39. The van der Waals surface area contributed by atoms with Gasteiger partial charge in [-0.15, -0.1) is 0 Å². The molecule has 4 aromatic carbocycles. The van der Waals surface area contributed by atoms with Crippen molar-refractivity contribution in [2.75, 3.05) is 0 Å². The Morgan fingerprint density at radius 2 is 1.18 bits per heavy atom. The number of benzene rings is 4. The second-order valence-electron chi connectivity index (χ2n) is 19.6. The van der Waals surface area contributed by atoms with Gasteiger partial charge < -0.3 is 4.74 Å². The maximum absolute atomic E-state index is 6.97. The van der Waals surface area contributed by atoms with Gasteiger partial charge in [0.2, 0.25) is 0 Å². The van der Waals surface area contributed by atoms with Gasteiger partial charge in [0.1, 0.15) is 17.3 Å². The molecular formula is C51H55N5O. The van der Waals surface area contributed by atoms with Crippen molar-refractivity contribution in [1.29, 1.82) is 0 Å². The average molecular weight is 754 g/mol. The van der Waals surface area contributed by atoms with Crippen molar-refractivity contribution >= 4 is 32.8 Å². The molecule has 0 fully saturated rings. The van der Waals surface area contributed by atoms with E-state index < -0.39 is 0 Å². The van der Waals surface area contributed by atoms with Gasteiger partial charge in [-0.1, -0.05) is 132 Å². The van der Waals surface area contributed by atoms with E-state index in [4.69, 9.17) is 14.7 Å². The molecule has 0 aliphatic carbocycles. The highest BCUT2D eigenvalue weighted by Gasteiger charge is 2.25. The Labute approximate surface area is 337 Å². The molecule has 4 aromatic heterocycles. The van der Waals surface area contributed by atoms with Crippen LogP contribution >= 0.6 is 0 Å². The topological polar surface area (TPSA) is 48.8 Å². The predicted molar refractivity (Wildman–Crippen MR) is 235 cm³/mol. The van der Waals surface area contributed by atoms with Gasteiger partial charge in [0.15, 0.2) is 5.82 Å². The third-order valence-corrected chi connectivity index (χ3v) is 11.1. The van der Waals surface area contributed by atoms with E-state index in [2.05, 4.69) is 206 Å². The second kappa shape index (κ2) is 13.4. The third kappa shape index (κ3) is 7.11. The van der Waals surface area contributed by atoms with Crippen molar-refractivity contribution in [3.05, 3.63) is 144 Å². The molecule has 0 saturated heterocycles. The molecule has 0 spiro atoms. The lowest BCUT2D eigenvalue weighted by Crippen LogP contribution is -2.31. The Morgan fingerprint density at radius 3 is 1.84 bits per heavy atom. The van der Waals surface area contributed by atoms with E-state index in [0.29, 0.717) is 0 Å². The zero-order valence-corrected chi connectivity index (χ0v) is 35.6. The first kappa shape index (κ1) is 38.1. The van der Waals surface area contributed by atoms with Crippen LogP contribution in [0.2, 0.25) is 0 Å². The fourth-order valence-electron chi connectivity index (χ4n) is 7.62. The molecule has 0 saturated carbocycles. The maximum atomic E-state index is 6.97. The van der Waals surface area contributed by atoms with Crippen LogP contribution in [0.1, 0.15) is 105 Å². The van der Waals surface area contributed by atoms with Crippen molar-refractivity contribution in [3.63, 3.8) is 0 Å². The molecule has 290 valence electrons. The van der Waals surface area contributed by atoms with Gasteiger partial charge in [0.25, 0.3) is 6.33 Å². The molecule has 0 aliphatic rings. The minimum absolute atomic E-state index is 0.0132. The van der Waals surface area contributed by atoms with Crippen LogP contribution in [-0.2, 0) is 21.7 Å². The summed E-state index contributed by atoms with van der Waals surface area (Å²) in [6, 6.07) is 36.7. The highest BCUT2D eigenvalue weighted by atomic mass is 16.5. The highest BCUT2D eigenvalue weighted by molar-refractivity contribution is 6.09. The Kier molecular flexibility index (Phi) is 8.99. The maximum Gasteiger partial charge on any atom is 0.271 e. The van der Waals surface area contributed by atoms with Crippen LogP contribution in [0.15, 0.2) is 116 Å². The quantitative estimate of drug-likeness (QED) is 0.130. The molecule has 0 N–H and O–H groups in total. The largest absolute Gasteiger partial charge is 0.457 e. The smallest absolute Gasteiger partial charge is 0.271 e. The molecule has 0 aliphatic heterocycles. The Bertz CT molecular complexity index is 2780. The molecule has 0 amide bonds. The number of hydrogen-bond donors (Lipinski definition) is 0. The summed E-state index contributed by atoms with van der Waals surface area (Å²) in [4.78, 5) is 9.96. The number of nitrogens with zero attached hydrogens (tertiary/aromatic N) is 5. The van der Waals surface area contributed by atoms with E-state index in [1.807, 2.05) is 12.4 Å². The summed E-state index contributed by atoms with van der Waals surface area (Å²) in [6.45, 7) is 27.0. The van der Waals surface area contributed by atoms with Gasteiger partial charge in [-0.2, -0.15) is 0 Å². The Morgan fingerprint density at radius 1 is 0.544 bits per heavy atom. The van der Waals surface area contributed by atoms with Gasteiger partial charge in [-0.3, -0.25) is 18.7 Å². The Hall–Kier alpha value is -5.75. The molecule has 6 heteroatoms. The molecule has 6 nitrogen and oxygen atoms in total. The molecule has 0 radical (unpaired) electrons. The first-order valence-corrected chi connectivity index (χ1v) is 20.1. The first-order chi connectivity index (χ1) is 26.8. The van der Waals surface area contributed by atoms with Crippen LogP contribution in [-0.4, -0.2) is 19.1 Å². The van der Waals surface area contributed by atoms with Crippen LogP contribution in [0, 0.1) is 6.33 Å². The first-order valence-electron chi connectivity index (χ1n) is 20.1. The molecular weight excluding hydrogens is 699 g/mol. The van der Waals surface area contributed by atoms with Crippen LogP contribution in [0.3, 0.4) is 0 Å². The Balaban J connectivity index is 1.28. The summed E-state index contributed by atoms with van der Waals surface area (Å²) >= 11 is 0. The number of fused-ring (bicyclic) bond motifs is 4. The summed E-state index contributed by atoms with van der Waals surface area (Å²) in [6.07, 6.45) is 7.60. The van der Waals surface area contributed by atoms with E-state index in [1.165, 1.54) is 22.1 Å².